The lowest BCUT2D eigenvalue weighted by molar-refractivity contribution is 0.170. The molecule has 0 saturated carbocycles. The van der Waals surface area contributed by atoms with Crippen LogP contribution in [0, 0.1) is 0 Å². The van der Waals surface area contributed by atoms with Gasteiger partial charge in [-0.05, 0) is 35.6 Å². The molecule has 28 heavy (non-hydrogen) atoms. The number of rotatable bonds is 7. The molecule has 0 amide bonds. The Morgan fingerprint density at radius 2 is 2.00 bits per heavy atom. The molecule has 1 aromatic carbocycles. The van der Waals surface area contributed by atoms with E-state index in [0.29, 0.717) is 12.6 Å². The van der Waals surface area contributed by atoms with Crippen LogP contribution in [0.2, 0.25) is 0 Å². The van der Waals surface area contributed by atoms with Crippen LogP contribution in [0.1, 0.15) is 16.9 Å². The van der Waals surface area contributed by atoms with Crippen LogP contribution in [-0.4, -0.2) is 62.2 Å². The number of halogens is 1. The van der Waals surface area contributed by atoms with Crippen molar-refractivity contribution in [1.29, 1.82) is 0 Å². The molecule has 5 nitrogen and oxygen atoms in total. The normalized spacial score (nSPS) is 20.7. The summed E-state index contributed by atoms with van der Waals surface area (Å²) in [4.78, 5) is 6.43. The smallest absolute Gasteiger partial charge is 0.161 e. The van der Waals surface area contributed by atoms with Crippen LogP contribution in [0.15, 0.2) is 35.7 Å². The van der Waals surface area contributed by atoms with Crippen LogP contribution in [0.5, 0.6) is 11.5 Å². The quantitative estimate of drug-likeness (QED) is 0.739. The van der Waals surface area contributed by atoms with E-state index in [9.17, 15) is 0 Å². The summed E-state index contributed by atoms with van der Waals surface area (Å²) in [6.07, 6.45) is 1.28. The zero-order chi connectivity index (χ0) is 18.5. The summed E-state index contributed by atoms with van der Waals surface area (Å²) in [5.41, 5.74) is 1.29. The second-order valence-corrected chi connectivity index (χ2v) is 8.35. The van der Waals surface area contributed by atoms with Gasteiger partial charge in [-0.2, -0.15) is 0 Å². The van der Waals surface area contributed by atoms with Gasteiger partial charge in [-0.15, -0.1) is 23.7 Å². The van der Waals surface area contributed by atoms with Gasteiger partial charge in [-0.1, -0.05) is 12.1 Å². The summed E-state index contributed by atoms with van der Waals surface area (Å²) in [6.45, 7) is 8.52. The standard InChI is InChI=1S/C21H29N3O2S.ClH/c1-25-21-13-17(4-5-20(21)26-16-19-3-2-12-27-19)14-23-9-6-18(15-23)24-10-7-22-8-11-24;/h2-5,12-13,18,22H,6-11,14-16H2,1H3;1H. The number of ether oxygens (including phenoxy) is 2. The highest BCUT2D eigenvalue weighted by Gasteiger charge is 2.28. The number of likely N-dealkylation sites (tertiary alicyclic amines) is 1. The lowest BCUT2D eigenvalue weighted by atomic mass is 10.2. The number of nitrogens with one attached hydrogen (secondary N) is 1. The monoisotopic (exact) mass is 423 g/mol. The van der Waals surface area contributed by atoms with Crippen LogP contribution in [0.4, 0.5) is 0 Å². The number of benzene rings is 1. The predicted octanol–water partition coefficient (Wildman–Crippen LogP) is 3.24. The molecular weight excluding hydrogens is 394 g/mol. The van der Waals surface area contributed by atoms with Gasteiger partial charge in [-0.3, -0.25) is 9.80 Å². The zero-order valence-electron chi connectivity index (χ0n) is 16.4. The summed E-state index contributed by atoms with van der Waals surface area (Å²) >= 11 is 1.71. The lowest BCUT2D eigenvalue weighted by Crippen LogP contribution is -2.49. The average Bonchev–Trinajstić information content (AvgIpc) is 3.39. The highest BCUT2D eigenvalue weighted by Crippen LogP contribution is 2.30. The number of hydrogen-bond donors (Lipinski definition) is 1. The van der Waals surface area contributed by atoms with E-state index in [4.69, 9.17) is 9.47 Å². The van der Waals surface area contributed by atoms with E-state index in [-0.39, 0.29) is 12.4 Å². The minimum absolute atomic E-state index is 0. The predicted molar refractivity (Wildman–Crippen MR) is 117 cm³/mol. The van der Waals surface area contributed by atoms with Crippen molar-refractivity contribution < 1.29 is 9.47 Å². The molecule has 4 rings (SSSR count). The van der Waals surface area contributed by atoms with Crippen molar-refractivity contribution in [3.05, 3.63) is 46.2 Å². The maximum Gasteiger partial charge on any atom is 0.161 e. The van der Waals surface area contributed by atoms with E-state index in [1.807, 2.05) is 12.1 Å². The molecule has 1 unspecified atom stereocenters. The van der Waals surface area contributed by atoms with E-state index < -0.39 is 0 Å². The number of piperazine rings is 1. The molecule has 1 aromatic heterocycles. The summed E-state index contributed by atoms with van der Waals surface area (Å²) < 4.78 is 11.5. The van der Waals surface area contributed by atoms with E-state index in [1.165, 1.54) is 43.0 Å². The van der Waals surface area contributed by atoms with Crippen molar-refractivity contribution in [3.63, 3.8) is 0 Å². The molecule has 1 N–H and O–H groups in total. The second kappa shape index (κ2) is 10.5. The molecule has 0 bridgehead atoms. The molecule has 2 saturated heterocycles. The Kier molecular flexibility index (Phi) is 8.00. The van der Waals surface area contributed by atoms with Crippen molar-refractivity contribution in [2.75, 3.05) is 46.4 Å². The van der Waals surface area contributed by atoms with Gasteiger partial charge in [0.2, 0.25) is 0 Å². The van der Waals surface area contributed by atoms with Crippen molar-refractivity contribution in [3.8, 4) is 11.5 Å². The number of nitrogens with zero attached hydrogens (tertiary/aromatic N) is 2. The maximum atomic E-state index is 5.95. The molecule has 0 aliphatic carbocycles. The third-order valence-electron chi connectivity index (χ3n) is 5.50. The largest absolute Gasteiger partial charge is 0.493 e. The molecule has 2 aromatic rings. The van der Waals surface area contributed by atoms with Crippen molar-refractivity contribution in [1.82, 2.24) is 15.1 Å². The zero-order valence-corrected chi connectivity index (χ0v) is 18.1. The summed E-state index contributed by atoms with van der Waals surface area (Å²) in [6, 6.07) is 11.2. The number of hydrogen-bond acceptors (Lipinski definition) is 6. The highest BCUT2D eigenvalue weighted by molar-refractivity contribution is 7.09. The van der Waals surface area contributed by atoms with Gasteiger partial charge in [0.05, 0.1) is 7.11 Å². The molecule has 2 fully saturated rings. The molecule has 2 aliphatic heterocycles. The Morgan fingerprint density at radius 1 is 1.14 bits per heavy atom. The summed E-state index contributed by atoms with van der Waals surface area (Å²) in [7, 11) is 1.72. The van der Waals surface area contributed by atoms with Gasteiger partial charge in [0.25, 0.3) is 0 Å². The van der Waals surface area contributed by atoms with Crippen LogP contribution >= 0.6 is 23.7 Å². The Morgan fingerprint density at radius 3 is 2.75 bits per heavy atom. The molecule has 2 aliphatic rings. The fourth-order valence-corrected chi connectivity index (χ4v) is 4.65. The molecule has 154 valence electrons. The fraction of sp³-hybridized carbons (Fsp3) is 0.524. The molecule has 1 atom stereocenters. The van der Waals surface area contributed by atoms with Gasteiger partial charge >= 0.3 is 0 Å². The first-order valence-electron chi connectivity index (χ1n) is 9.81. The van der Waals surface area contributed by atoms with Gasteiger partial charge in [-0.25, -0.2) is 0 Å². The molecule has 3 heterocycles. The molecule has 0 radical (unpaired) electrons. The Labute approximate surface area is 178 Å². The van der Waals surface area contributed by atoms with Crippen molar-refractivity contribution in [2.24, 2.45) is 0 Å². The molecule has 7 heteroatoms. The van der Waals surface area contributed by atoms with Gasteiger partial charge in [0, 0.05) is 56.7 Å². The first kappa shape index (κ1) is 21.4. The Bertz CT molecular complexity index is 722. The van der Waals surface area contributed by atoms with Gasteiger partial charge in [0.1, 0.15) is 6.61 Å². The molecular formula is C21H30ClN3O2S. The maximum absolute atomic E-state index is 5.95. The average molecular weight is 424 g/mol. The lowest BCUT2D eigenvalue weighted by Gasteiger charge is -2.32. The third kappa shape index (κ3) is 5.39. The van der Waals surface area contributed by atoms with Crippen molar-refractivity contribution >= 4 is 23.7 Å². The number of methoxy groups -OCH3 is 1. The van der Waals surface area contributed by atoms with Gasteiger partial charge in [0.15, 0.2) is 11.5 Å². The first-order valence-corrected chi connectivity index (χ1v) is 10.7. The second-order valence-electron chi connectivity index (χ2n) is 7.32. The van der Waals surface area contributed by atoms with Crippen molar-refractivity contribution in [2.45, 2.75) is 25.6 Å². The Hall–Kier alpha value is -1.31. The van der Waals surface area contributed by atoms with Crippen LogP contribution < -0.4 is 14.8 Å². The van der Waals surface area contributed by atoms with Gasteiger partial charge < -0.3 is 14.8 Å². The topological polar surface area (TPSA) is 37.0 Å². The van der Waals surface area contributed by atoms with Crippen LogP contribution in [-0.2, 0) is 13.2 Å². The fourth-order valence-electron chi connectivity index (χ4n) is 4.03. The van der Waals surface area contributed by atoms with E-state index in [0.717, 1.165) is 31.1 Å². The van der Waals surface area contributed by atoms with E-state index in [1.54, 1.807) is 18.4 Å². The number of thiophene rings is 1. The highest BCUT2D eigenvalue weighted by atomic mass is 35.5. The first-order chi connectivity index (χ1) is 13.3. The third-order valence-corrected chi connectivity index (χ3v) is 6.35. The molecule has 0 spiro atoms. The summed E-state index contributed by atoms with van der Waals surface area (Å²) in [5, 5.41) is 5.52. The SMILES string of the molecule is COc1cc(CN2CCC(N3CCNCC3)C2)ccc1OCc1cccs1.Cl. The van der Waals surface area contributed by atoms with Crippen LogP contribution in [0.25, 0.3) is 0 Å². The van der Waals surface area contributed by atoms with E-state index >= 15 is 0 Å². The summed E-state index contributed by atoms with van der Waals surface area (Å²) in [5.74, 6) is 1.64. The Balaban J connectivity index is 0.00000225. The van der Waals surface area contributed by atoms with Crippen LogP contribution in [0.3, 0.4) is 0 Å². The minimum Gasteiger partial charge on any atom is -0.493 e. The van der Waals surface area contributed by atoms with E-state index in [2.05, 4.69) is 38.7 Å². The minimum atomic E-state index is 0.